The number of carbonyl (C=O) groups excluding carboxylic acids is 2. The summed E-state index contributed by atoms with van der Waals surface area (Å²) in [6.45, 7) is 7.40. The highest BCUT2D eigenvalue weighted by molar-refractivity contribution is 5.98. The molecule has 22 heavy (non-hydrogen) atoms. The predicted molar refractivity (Wildman–Crippen MR) is 90.5 cm³/mol. The highest BCUT2D eigenvalue weighted by Crippen LogP contribution is 2.15. The zero-order valence-corrected chi connectivity index (χ0v) is 14.0. The van der Waals surface area contributed by atoms with Crippen molar-refractivity contribution < 1.29 is 9.59 Å². The van der Waals surface area contributed by atoms with Gasteiger partial charge in [0, 0.05) is 23.3 Å². The summed E-state index contributed by atoms with van der Waals surface area (Å²) in [4.78, 5) is 24.2. The van der Waals surface area contributed by atoms with Crippen LogP contribution in [0.4, 0.5) is 5.69 Å². The number of hydrogen-bond acceptors (Lipinski definition) is 3. The SMILES string of the molecule is CC(C)(C)NC(=O)c1cccc(NC(=O)C2CCNC2)c1.Cl. The summed E-state index contributed by atoms with van der Waals surface area (Å²) in [5.41, 5.74) is 0.923. The minimum Gasteiger partial charge on any atom is -0.347 e. The van der Waals surface area contributed by atoms with Crippen LogP contribution in [-0.2, 0) is 4.79 Å². The quantitative estimate of drug-likeness (QED) is 0.797. The summed E-state index contributed by atoms with van der Waals surface area (Å²) >= 11 is 0. The van der Waals surface area contributed by atoms with Gasteiger partial charge >= 0.3 is 0 Å². The fourth-order valence-electron chi connectivity index (χ4n) is 2.27. The van der Waals surface area contributed by atoms with E-state index in [1.807, 2.05) is 20.8 Å². The number of nitrogens with one attached hydrogen (secondary N) is 3. The molecular weight excluding hydrogens is 302 g/mol. The largest absolute Gasteiger partial charge is 0.347 e. The molecule has 0 saturated carbocycles. The monoisotopic (exact) mass is 325 g/mol. The van der Waals surface area contributed by atoms with Gasteiger partial charge < -0.3 is 16.0 Å². The van der Waals surface area contributed by atoms with Crippen molar-refractivity contribution >= 4 is 29.9 Å². The van der Waals surface area contributed by atoms with E-state index < -0.39 is 0 Å². The highest BCUT2D eigenvalue weighted by atomic mass is 35.5. The van der Waals surface area contributed by atoms with Gasteiger partial charge in [0.15, 0.2) is 0 Å². The van der Waals surface area contributed by atoms with Crippen molar-refractivity contribution in [3.05, 3.63) is 29.8 Å². The number of benzene rings is 1. The Bertz CT molecular complexity index is 534. The Balaban J connectivity index is 0.00000242. The van der Waals surface area contributed by atoms with Gasteiger partial charge in [0.25, 0.3) is 5.91 Å². The van der Waals surface area contributed by atoms with Gasteiger partial charge in [0.05, 0.1) is 5.92 Å². The van der Waals surface area contributed by atoms with Crippen LogP contribution in [0.2, 0.25) is 0 Å². The van der Waals surface area contributed by atoms with Crippen LogP contribution >= 0.6 is 12.4 Å². The second-order valence-electron chi connectivity index (χ2n) is 6.46. The number of amides is 2. The van der Waals surface area contributed by atoms with Crippen molar-refractivity contribution in [2.24, 2.45) is 5.92 Å². The lowest BCUT2D eigenvalue weighted by Gasteiger charge is -2.20. The molecule has 0 bridgehead atoms. The minimum atomic E-state index is -0.286. The van der Waals surface area contributed by atoms with Crippen LogP contribution in [-0.4, -0.2) is 30.4 Å². The topological polar surface area (TPSA) is 70.2 Å². The maximum Gasteiger partial charge on any atom is 0.251 e. The zero-order chi connectivity index (χ0) is 15.5. The number of carbonyl (C=O) groups is 2. The zero-order valence-electron chi connectivity index (χ0n) is 13.2. The van der Waals surface area contributed by atoms with E-state index in [-0.39, 0.29) is 35.7 Å². The Hall–Kier alpha value is -1.59. The number of rotatable bonds is 3. The molecule has 122 valence electrons. The molecule has 2 amide bonds. The molecule has 0 radical (unpaired) electrons. The molecule has 1 saturated heterocycles. The van der Waals surface area contributed by atoms with Gasteiger partial charge in [-0.2, -0.15) is 0 Å². The van der Waals surface area contributed by atoms with Crippen molar-refractivity contribution in [3.8, 4) is 0 Å². The molecule has 1 aromatic carbocycles. The van der Waals surface area contributed by atoms with Crippen LogP contribution in [0, 0.1) is 5.92 Å². The first-order chi connectivity index (χ1) is 9.85. The predicted octanol–water partition coefficient (Wildman–Crippen LogP) is 2.18. The van der Waals surface area contributed by atoms with Crippen LogP contribution in [0.1, 0.15) is 37.6 Å². The van der Waals surface area contributed by atoms with Crippen molar-refractivity contribution in [1.29, 1.82) is 0 Å². The Morgan fingerprint density at radius 1 is 1.27 bits per heavy atom. The van der Waals surface area contributed by atoms with Crippen LogP contribution < -0.4 is 16.0 Å². The normalized spacial score (nSPS) is 17.5. The van der Waals surface area contributed by atoms with E-state index in [1.165, 1.54) is 0 Å². The van der Waals surface area contributed by atoms with Crippen LogP contribution in [0.3, 0.4) is 0 Å². The number of anilines is 1. The highest BCUT2D eigenvalue weighted by Gasteiger charge is 2.22. The second kappa shape index (κ2) is 7.61. The van der Waals surface area contributed by atoms with E-state index >= 15 is 0 Å². The third kappa shape index (κ3) is 5.31. The average Bonchev–Trinajstić information content (AvgIpc) is 2.91. The maximum atomic E-state index is 12.1. The Morgan fingerprint density at radius 2 is 2.00 bits per heavy atom. The van der Waals surface area contributed by atoms with Gasteiger partial charge in [-0.15, -0.1) is 12.4 Å². The van der Waals surface area contributed by atoms with Gasteiger partial charge in [0.2, 0.25) is 5.91 Å². The summed E-state index contributed by atoms with van der Waals surface area (Å²) in [6, 6.07) is 7.03. The first-order valence-electron chi connectivity index (χ1n) is 7.29. The van der Waals surface area contributed by atoms with Crippen LogP contribution in [0.25, 0.3) is 0 Å². The molecule has 1 aliphatic rings. The van der Waals surface area contributed by atoms with Gasteiger partial charge in [0.1, 0.15) is 0 Å². The lowest BCUT2D eigenvalue weighted by Crippen LogP contribution is -2.40. The summed E-state index contributed by atoms with van der Waals surface area (Å²) in [5, 5.41) is 8.96. The second-order valence-corrected chi connectivity index (χ2v) is 6.46. The van der Waals surface area contributed by atoms with E-state index in [4.69, 9.17) is 0 Å². The molecule has 1 aromatic rings. The molecular formula is C16H24ClN3O2. The molecule has 0 aromatic heterocycles. The van der Waals surface area contributed by atoms with Crippen LogP contribution in [0.15, 0.2) is 24.3 Å². The smallest absolute Gasteiger partial charge is 0.251 e. The fourth-order valence-corrected chi connectivity index (χ4v) is 2.27. The first kappa shape index (κ1) is 18.5. The van der Waals surface area contributed by atoms with E-state index in [9.17, 15) is 9.59 Å². The Kier molecular flexibility index (Phi) is 6.38. The molecule has 5 nitrogen and oxygen atoms in total. The molecule has 1 atom stereocenters. The molecule has 0 spiro atoms. The molecule has 6 heteroatoms. The summed E-state index contributed by atoms with van der Waals surface area (Å²) < 4.78 is 0. The standard InChI is InChI=1S/C16H23N3O2.ClH/c1-16(2,3)19-15(21)11-5-4-6-13(9-11)18-14(20)12-7-8-17-10-12;/h4-6,9,12,17H,7-8,10H2,1-3H3,(H,18,20)(H,19,21);1H. The molecule has 3 N–H and O–H groups in total. The molecule has 2 rings (SSSR count). The van der Waals surface area contributed by atoms with Crippen LogP contribution in [0.5, 0.6) is 0 Å². The first-order valence-corrected chi connectivity index (χ1v) is 7.29. The van der Waals surface area contributed by atoms with Gasteiger partial charge in [-0.25, -0.2) is 0 Å². The minimum absolute atomic E-state index is 0. The molecule has 1 unspecified atom stereocenters. The van der Waals surface area contributed by atoms with Gasteiger partial charge in [-0.05, 0) is 51.9 Å². The Labute approximate surface area is 137 Å². The van der Waals surface area contributed by atoms with Crippen molar-refractivity contribution in [1.82, 2.24) is 10.6 Å². The van der Waals surface area contributed by atoms with Gasteiger partial charge in [-0.1, -0.05) is 6.07 Å². The third-order valence-corrected chi connectivity index (χ3v) is 3.31. The molecule has 1 fully saturated rings. The third-order valence-electron chi connectivity index (χ3n) is 3.31. The lowest BCUT2D eigenvalue weighted by atomic mass is 10.1. The summed E-state index contributed by atoms with van der Waals surface area (Å²) in [6.07, 6.45) is 0.857. The summed E-state index contributed by atoms with van der Waals surface area (Å²) in [7, 11) is 0. The Morgan fingerprint density at radius 3 is 2.59 bits per heavy atom. The van der Waals surface area contributed by atoms with Crippen molar-refractivity contribution in [2.75, 3.05) is 18.4 Å². The van der Waals surface area contributed by atoms with E-state index in [0.717, 1.165) is 19.5 Å². The van der Waals surface area contributed by atoms with E-state index in [0.29, 0.717) is 11.3 Å². The average molecular weight is 326 g/mol. The molecule has 1 aliphatic heterocycles. The number of halogens is 1. The maximum absolute atomic E-state index is 12.1. The lowest BCUT2D eigenvalue weighted by molar-refractivity contribution is -0.119. The van der Waals surface area contributed by atoms with Gasteiger partial charge in [-0.3, -0.25) is 9.59 Å². The molecule has 1 heterocycles. The van der Waals surface area contributed by atoms with Crippen molar-refractivity contribution in [2.45, 2.75) is 32.7 Å². The fraction of sp³-hybridized carbons (Fsp3) is 0.500. The summed E-state index contributed by atoms with van der Waals surface area (Å²) in [5.74, 6) is -0.119. The molecule has 0 aliphatic carbocycles. The number of hydrogen-bond donors (Lipinski definition) is 3. The van der Waals surface area contributed by atoms with Crippen molar-refractivity contribution in [3.63, 3.8) is 0 Å². The van der Waals surface area contributed by atoms with E-state index in [2.05, 4.69) is 16.0 Å². The van der Waals surface area contributed by atoms with E-state index in [1.54, 1.807) is 24.3 Å².